The average molecular weight is 449 g/mol. The van der Waals surface area contributed by atoms with Crippen molar-refractivity contribution in [1.29, 1.82) is 0 Å². The predicted octanol–water partition coefficient (Wildman–Crippen LogP) is 5.49. The first kappa shape index (κ1) is 22.6. The van der Waals surface area contributed by atoms with Crippen molar-refractivity contribution in [3.05, 3.63) is 79.6 Å². The van der Waals surface area contributed by atoms with Gasteiger partial charge < -0.3 is 13.6 Å². The molecule has 4 rings (SSSR count). The highest BCUT2D eigenvalue weighted by Gasteiger charge is 2.15. The zero-order valence-electron chi connectivity index (χ0n) is 19.4. The molecule has 1 atom stereocenters. The number of aromatic amines is 1. The minimum absolute atomic E-state index is 0.0126. The van der Waals surface area contributed by atoms with Crippen LogP contribution in [0.4, 0.5) is 0 Å². The number of nitrogens with one attached hydrogen (secondary N) is 1. The molecule has 33 heavy (non-hydrogen) atoms. The van der Waals surface area contributed by atoms with Crippen LogP contribution in [0.5, 0.6) is 6.01 Å². The second-order valence-electron chi connectivity index (χ2n) is 8.29. The van der Waals surface area contributed by atoms with E-state index in [1.165, 1.54) is 11.6 Å². The van der Waals surface area contributed by atoms with Crippen molar-refractivity contribution < 1.29 is 13.6 Å². The summed E-state index contributed by atoms with van der Waals surface area (Å²) in [5, 5.41) is 0.267. The fourth-order valence-electron chi connectivity index (χ4n) is 4.03. The van der Waals surface area contributed by atoms with Crippen LogP contribution in [-0.4, -0.2) is 9.97 Å². The zero-order valence-corrected chi connectivity index (χ0v) is 19.4. The minimum Gasteiger partial charge on any atom is -0.461 e. The summed E-state index contributed by atoms with van der Waals surface area (Å²) >= 11 is 0. The number of aromatic nitrogens is 2. The molecular weight excluding hydrogens is 420 g/mol. The Kier molecular flexibility index (Phi) is 6.49. The summed E-state index contributed by atoms with van der Waals surface area (Å²) in [7, 11) is 0. The largest absolute Gasteiger partial charge is 0.461 e. The van der Waals surface area contributed by atoms with Gasteiger partial charge in [0.15, 0.2) is 0 Å². The van der Waals surface area contributed by atoms with Gasteiger partial charge in [0.25, 0.3) is 11.6 Å². The molecule has 0 bridgehead atoms. The van der Waals surface area contributed by atoms with Gasteiger partial charge in [-0.3, -0.25) is 9.78 Å². The molecule has 0 aliphatic heterocycles. The normalized spacial score (nSPS) is 12.2. The van der Waals surface area contributed by atoms with E-state index in [0.717, 1.165) is 35.5 Å². The molecule has 1 unspecified atom stereocenters. The number of furan rings is 1. The van der Waals surface area contributed by atoms with Crippen molar-refractivity contribution in [2.24, 2.45) is 0 Å². The summed E-state index contributed by atoms with van der Waals surface area (Å²) in [4.78, 5) is 31.1. The van der Waals surface area contributed by atoms with E-state index in [0.29, 0.717) is 17.9 Å². The Morgan fingerprint density at radius 3 is 2.67 bits per heavy atom. The lowest BCUT2D eigenvalue weighted by atomic mass is 9.94. The molecule has 1 aromatic carbocycles. The number of hydrogen-bond acceptors (Lipinski definition) is 6. The molecule has 0 amide bonds. The highest BCUT2D eigenvalue weighted by molar-refractivity contribution is 5.75. The maximum absolute atomic E-state index is 12.5. The van der Waals surface area contributed by atoms with Gasteiger partial charge in [0.05, 0.1) is 0 Å². The SMILES string of the molecule is CCCC(C)c1cccc(-c2cc(COc3nc4oc(=O)cc(CC)c4c(=O)[nH]3)c(C)o2)c1. The molecule has 0 fully saturated rings. The van der Waals surface area contributed by atoms with Crippen LogP contribution in [0, 0.1) is 6.92 Å². The third kappa shape index (κ3) is 4.77. The molecule has 3 aromatic heterocycles. The van der Waals surface area contributed by atoms with Gasteiger partial charge in [0.2, 0.25) is 5.71 Å². The van der Waals surface area contributed by atoms with Gasteiger partial charge in [0.1, 0.15) is 23.5 Å². The molecule has 1 N–H and O–H groups in total. The Bertz CT molecular complexity index is 1400. The highest BCUT2D eigenvalue weighted by atomic mass is 16.5. The first-order chi connectivity index (χ1) is 15.9. The average Bonchev–Trinajstić information content (AvgIpc) is 3.17. The van der Waals surface area contributed by atoms with Crippen molar-refractivity contribution in [2.75, 3.05) is 0 Å². The molecule has 172 valence electrons. The summed E-state index contributed by atoms with van der Waals surface area (Å²) in [6, 6.07) is 11.6. The fraction of sp³-hybridized carbons (Fsp3) is 0.346. The Morgan fingerprint density at radius 2 is 1.91 bits per heavy atom. The maximum atomic E-state index is 12.5. The third-order valence-electron chi connectivity index (χ3n) is 5.90. The Labute approximate surface area is 191 Å². The second kappa shape index (κ2) is 9.48. The van der Waals surface area contributed by atoms with Crippen LogP contribution < -0.4 is 15.9 Å². The van der Waals surface area contributed by atoms with E-state index >= 15 is 0 Å². The zero-order chi connectivity index (χ0) is 23.5. The number of benzene rings is 1. The van der Waals surface area contributed by atoms with Gasteiger partial charge in [-0.1, -0.05) is 45.4 Å². The van der Waals surface area contributed by atoms with Crippen LogP contribution in [0.15, 0.2) is 54.8 Å². The lowest BCUT2D eigenvalue weighted by Crippen LogP contribution is -2.15. The molecular formula is C26H28N2O5. The van der Waals surface area contributed by atoms with E-state index < -0.39 is 11.2 Å². The Hall–Kier alpha value is -3.61. The molecule has 0 radical (unpaired) electrons. The third-order valence-corrected chi connectivity index (χ3v) is 5.90. The summed E-state index contributed by atoms with van der Waals surface area (Å²) in [6.45, 7) is 8.30. The van der Waals surface area contributed by atoms with Gasteiger partial charge in [-0.25, -0.2) is 4.79 Å². The maximum Gasteiger partial charge on any atom is 0.337 e. The van der Waals surface area contributed by atoms with E-state index in [1.54, 1.807) is 0 Å². The molecule has 0 aliphatic carbocycles. The summed E-state index contributed by atoms with van der Waals surface area (Å²) < 4.78 is 16.8. The highest BCUT2D eigenvalue weighted by Crippen LogP contribution is 2.29. The first-order valence-corrected chi connectivity index (χ1v) is 11.3. The summed E-state index contributed by atoms with van der Waals surface area (Å²) in [5.74, 6) is 1.97. The molecule has 4 aromatic rings. The van der Waals surface area contributed by atoms with Crippen LogP contribution in [0.2, 0.25) is 0 Å². The first-order valence-electron chi connectivity index (χ1n) is 11.3. The number of nitrogens with zero attached hydrogens (tertiary/aromatic N) is 1. The topological polar surface area (TPSA) is 98.3 Å². The second-order valence-corrected chi connectivity index (χ2v) is 8.29. The van der Waals surface area contributed by atoms with Crippen LogP contribution in [-0.2, 0) is 13.0 Å². The molecule has 0 aliphatic rings. The summed E-state index contributed by atoms with van der Waals surface area (Å²) in [5.41, 5.74) is 2.74. The van der Waals surface area contributed by atoms with Crippen molar-refractivity contribution in [1.82, 2.24) is 9.97 Å². The van der Waals surface area contributed by atoms with E-state index in [4.69, 9.17) is 13.6 Å². The quantitative estimate of drug-likeness (QED) is 0.383. The van der Waals surface area contributed by atoms with Gasteiger partial charge >= 0.3 is 5.63 Å². The van der Waals surface area contributed by atoms with Crippen LogP contribution in [0.3, 0.4) is 0 Å². The molecule has 7 nitrogen and oxygen atoms in total. The van der Waals surface area contributed by atoms with E-state index in [9.17, 15) is 9.59 Å². The number of aryl methyl sites for hydroxylation is 2. The standard InChI is InChI=1S/C26H28N2O5/c1-5-8-15(3)18-9-7-10-19(11-18)21-12-20(16(4)32-21)14-31-26-27-24(30)23-17(6-2)13-22(29)33-25(23)28-26/h7,9-13,15H,5-6,8,14H2,1-4H3,(H,27,28,30). The lowest BCUT2D eigenvalue weighted by molar-refractivity contribution is 0.277. The number of ether oxygens (including phenoxy) is 1. The fourth-order valence-corrected chi connectivity index (χ4v) is 4.03. The molecule has 0 saturated carbocycles. The van der Waals surface area contributed by atoms with E-state index in [2.05, 4.69) is 35.9 Å². The van der Waals surface area contributed by atoms with Crippen LogP contribution in [0.1, 0.15) is 62.0 Å². The summed E-state index contributed by atoms with van der Waals surface area (Å²) in [6.07, 6.45) is 2.79. The monoisotopic (exact) mass is 448 g/mol. The number of fused-ring (bicyclic) bond motifs is 1. The molecule has 0 saturated heterocycles. The van der Waals surface area contributed by atoms with Crippen LogP contribution >= 0.6 is 0 Å². The van der Waals surface area contributed by atoms with E-state index in [1.807, 2.05) is 32.0 Å². The van der Waals surface area contributed by atoms with Crippen molar-refractivity contribution >= 4 is 11.1 Å². The van der Waals surface area contributed by atoms with Gasteiger partial charge in [-0.15, -0.1) is 0 Å². The van der Waals surface area contributed by atoms with Gasteiger partial charge in [-0.05, 0) is 48.9 Å². The molecule has 3 heterocycles. The van der Waals surface area contributed by atoms with Crippen molar-refractivity contribution in [2.45, 2.75) is 59.5 Å². The Balaban J connectivity index is 1.57. The van der Waals surface area contributed by atoms with E-state index in [-0.39, 0.29) is 23.7 Å². The number of rotatable bonds is 8. The minimum atomic E-state index is -0.547. The molecule has 0 spiro atoms. The number of hydrogen-bond donors (Lipinski definition) is 1. The number of H-pyrrole nitrogens is 1. The Morgan fingerprint density at radius 1 is 1.09 bits per heavy atom. The predicted molar refractivity (Wildman–Crippen MR) is 127 cm³/mol. The van der Waals surface area contributed by atoms with Gasteiger partial charge in [-0.2, -0.15) is 4.98 Å². The lowest BCUT2D eigenvalue weighted by Gasteiger charge is -2.11. The molecule has 7 heteroatoms. The van der Waals surface area contributed by atoms with Crippen molar-refractivity contribution in [3.63, 3.8) is 0 Å². The van der Waals surface area contributed by atoms with Crippen molar-refractivity contribution in [3.8, 4) is 17.3 Å². The smallest absolute Gasteiger partial charge is 0.337 e. The van der Waals surface area contributed by atoms with Gasteiger partial charge in [0, 0.05) is 17.2 Å². The van der Waals surface area contributed by atoms with Crippen LogP contribution in [0.25, 0.3) is 22.4 Å².